The molecule has 0 saturated carbocycles. The van der Waals surface area contributed by atoms with Crippen LogP contribution in [0.1, 0.15) is 6.92 Å². The summed E-state index contributed by atoms with van der Waals surface area (Å²) in [4.78, 5) is 13.2. The molecule has 1 aliphatic heterocycles. The largest absolute Gasteiger partial charge is 0.450 e. The van der Waals surface area contributed by atoms with Crippen molar-refractivity contribution in [3.63, 3.8) is 0 Å². The molecule has 0 aromatic carbocycles. The van der Waals surface area contributed by atoms with Gasteiger partial charge in [0.1, 0.15) is 4.21 Å². The van der Waals surface area contributed by atoms with Crippen molar-refractivity contribution in [3.05, 3.63) is 23.7 Å². The number of piperazine rings is 1. The summed E-state index contributed by atoms with van der Waals surface area (Å²) in [5, 5.41) is 5.34. The predicted molar refractivity (Wildman–Crippen MR) is 87.2 cm³/mol. The van der Waals surface area contributed by atoms with Crippen molar-refractivity contribution < 1.29 is 22.5 Å². The van der Waals surface area contributed by atoms with Crippen molar-refractivity contribution >= 4 is 27.5 Å². The van der Waals surface area contributed by atoms with Gasteiger partial charge in [-0.25, -0.2) is 13.2 Å². The molecule has 0 N–H and O–H groups in total. The first-order valence-corrected chi connectivity index (χ1v) is 9.76. The highest BCUT2D eigenvalue weighted by atomic mass is 32.2. The number of ether oxygens (including phenoxy) is 1. The molecule has 1 amide bonds. The van der Waals surface area contributed by atoms with Crippen LogP contribution < -0.4 is 0 Å². The topological polar surface area (TPSA) is 93.0 Å². The summed E-state index contributed by atoms with van der Waals surface area (Å²) in [6.45, 7) is 3.17. The van der Waals surface area contributed by atoms with Crippen LogP contribution in [0.3, 0.4) is 0 Å². The molecular formula is C14H17N3O5S2. The number of thiophene rings is 1. The zero-order valence-corrected chi connectivity index (χ0v) is 14.7. The number of amides is 1. The van der Waals surface area contributed by atoms with E-state index in [-0.39, 0.29) is 17.3 Å². The lowest BCUT2D eigenvalue weighted by Gasteiger charge is -2.32. The number of rotatable bonds is 4. The molecule has 0 spiro atoms. The predicted octanol–water partition coefficient (Wildman–Crippen LogP) is 1.87. The normalized spacial score (nSPS) is 16.3. The molecule has 0 radical (unpaired) electrons. The standard InChI is InChI=1S/C14H17N3O5S2/c1-2-21-14(18)16-5-7-17(8-6-16)24(19,20)13-9-11(10-23-13)12-3-4-15-22-12/h3-4,9-10H,2,5-8H2,1H3. The molecule has 1 fully saturated rings. The molecule has 24 heavy (non-hydrogen) atoms. The zero-order valence-electron chi connectivity index (χ0n) is 13.0. The number of nitrogens with zero attached hydrogens (tertiary/aromatic N) is 3. The van der Waals surface area contributed by atoms with Crippen LogP contribution in [0.2, 0.25) is 0 Å². The number of carbonyl (C=O) groups is 1. The summed E-state index contributed by atoms with van der Waals surface area (Å²) >= 11 is 1.14. The number of hydrogen-bond donors (Lipinski definition) is 0. The molecule has 130 valence electrons. The van der Waals surface area contributed by atoms with Crippen LogP contribution in [-0.4, -0.2) is 61.7 Å². The van der Waals surface area contributed by atoms with Crippen LogP contribution in [-0.2, 0) is 14.8 Å². The second kappa shape index (κ2) is 6.91. The molecule has 1 saturated heterocycles. The second-order valence-corrected chi connectivity index (χ2v) is 8.20. The summed E-state index contributed by atoms with van der Waals surface area (Å²) in [5.41, 5.74) is 0.682. The molecule has 0 aliphatic carbocycles. The van der Waals surface area contributed by atoms with Crippen molar-refractivity contribution in [2.75, 3.05) is 32.8 Å². The highest BCUT2D eigenvalue weighted by Crippen LogP contribution is 2.30. The first-order valence-electron chi connectivity index (χ1n) is 7.44. The Balaban J connectivity index is 1.70. The van der Waals surface area contributed by atoms with E-state index in [4.69, 9.17) is 9.26 Å². The van der Waals surface area contributed by atoms with Crippen molar-refractivity contribution in [2.24, 2.45) is 0 Å². The first kappa shape index (κ1) is 16.9. The highest BCUT2D eigenvalue weighted by Gasteiger charge is 2.31. The Bertz CT molecular complexity index is 792. The van der Waals surface area contributed by atoms with Crippen LogP contribution in [0.4, 0.5) is 4.79 Å². The molecule has 3 heterocycles. The van der Waals surface area contributed by atoms with Crippen LogP contribution in [0.25, 0.3) is 11.3 Å². The summed E-state index contributed by atoms with van der Waals surface area (Å²) in [6.07, 6.45) is 1.11. The van der Waals surface area contributed by atoms with Gasteiger partial charge < -0.3 is 14.2 Å². The minimum Gasteiger partial charge on any atom is -0.450 e. The van der Waals surface area contributed by atoms with Crippen molar-refractivity contribution in [3.8, 4) is 11.3 Å². The second-order valence-electron chi connectivity index (χ2n) is 5.12. The minimum absolute atomic E-state index is 0.247. The molecule has 3 rings (SSSR count). The maximum atomic E-state index is 12.7. The number of sulfonamides is 1. The van der Waals surface area contributed by atoms with Crippen molar-refractivity contribution in [1.29, 1.82) is 0 Å². The molecule has 0 atom stereocenters. The third kappa shape index (κ3) is 3.30. The summed E-state index contributed by atoms with van der Waals surface area (Å²) in [7, 11) is -3.58. The number of aromatic nitrogens is 1. The lowest BCUT2D eigenvalue weighted by Crippen LogP contribution is -2.50. The van der Waals surface area contributed by atoms with Crippen LogP contribution in [0.15, 0.2) is 32.4 Å². The van der Waals surface area contributed by atoms with Gasteiger partial charge >= 0.3 is 6.09 Å². The van der Waals surface area contributed by atoms with E-state index in [1.54, 1.807) is 24.4 Å². The van der Waals surface area contributed by atoms with E-state index in [2.05, 4.69) is 5.16 Å². The number of hydrogen-bond acceptors (Lipinski definition) is 7. The lowest BCUT2D eigenvalue weighted by atomic mass is 10.3. The van der Waals surface area contributed by atoms with Gasteiger partial charge in [-0.2, -0.15) is 4.31 Å². The van der Waals surface area contributed by atoms with E-state index in [0.29, 0.717) is 31.0 Å². The molecule has 8 nitrogen and oxygen atoms in total. The third-order valence-corrected chi connectivity index (χ3v) is 6.97. The fraction of sp³-hybridized carbons (Fsp3) is 0.429. The SMILES string of the molecule is CCOC(=O)N1CCN(S(=O)(=O)c2cc(-c3ccno3)cs2)CC1. The summed E-state index contributed by atoms with van der Waals surface area (Å²) < 4.78 is 37.1. The van der Waals surface area contributed by atoms with E-state index >= 15 is 0 Å². The molecule has 1 aliphatic rings. The van der Waals surface area contributed by atoms with Crippen LogP contribution in [0, 0.1) is 0 Å². The van der Waals surface area contributed by atoms with Gasteiger partial charge in [0.05, 0.1) is 12.8 Å². The third-order valence-electron chi connectivity index (χ3n) is 3.66. The van der Waals surface area contributed by atoms with Gasteiger partial charge in [-0.1, -0.05) is 5.16 Å². The maximum Gasteiger partial charge on any atom is 0.409 e. The monoisotopic (exact) mass is 371 g/mol. The Kier molecular flexibility index (Phi) is 4.88. The smallest absolute Gasteiger partial charge is 0.409 e. The van der Waals surface area contributed by atoms with E-state index in [0.717, 1.165) is 11.3 Å². The number of carbonyl (C=O) groups excluding carboxylic acids is 1. The van der Waals surface area contributed by atoms with Crippen LogP contribution in [0.5, 0.6) is 0 Å². The lowest BCUT2D eigenvalue weighted by molar-refractivity contribution is 0.0934. The molecule has 10 heteroatoms. The Morgan fingerprint density at radius 2 is 2.12 bits per heavy atom. The van der Waals surface area contributed by atoms with Crippen molar-refractivity contribution in [2.45, 2.75) is 11.1 Å². The van der Waals surface area contributed by atoms with Crippen LogP contribution >= 0.6 is 11.3 Å². The van der Waals surface area contributed by atoms with Gasteiger partial charge in [0.2, 0.25) is 0 Å². The van der Waals surface area contributed by atoms with E-state index in [9.17, 15) is 13.2 Å². The Morgan fingerprint density at radius 1 is 1.38 bits per heavy atom. The van der Waals surface area contributed by atoms with Gasteiger partial charge in [-0.3, -0.25) is 0 Å². The average molecular weight is 371 g/mol. The van der Waals surface area contributed by atoms with Gasteiger partial charge in [0.25, 0.3) is 10.0 Å². The van der Waals surface area contributed by atoms with Crippen molar-refractivity contribution in [1.82, 2.24) is 14.4 Å². The first-order chi connectivity index (χ1) is 11.5. The molecule has 0 unspecified atom stereocenters. The van der Waals surface area contributed by atoms with Gasteiger partial charge in [0.15, 0.2) is 5.76 Å². The Hall–Kier alpha value is -1.91. The molecule has 0 bridgehead atoms. The fourth-order valence-corrected chi connectivity index (χ4v) is 5.14. The van der Waals surface area contributed by atoms with Gasteiger partial charge in [-0.15, -0.1) is 11.3 Å². The van der Waals surface area contributed by atoms with E-state index < -0.39 is 16.1 Å². The molecule has 2 aromatic rings. The summed E-state index contributed by atoms with van der Waals surface area (Å²) in [5.74, 6) is 0.528. The molecular weight excluding hydrogens is 354 g/mol. The minimum atomic E-state index is -3.58. The van der Waals surface area contributed by atoms with Gasteiger partial charge in [0, 0.05) is 43.2 Å². The van der Waals surface area contributed by atoms with E-state index in [1.807, 2.05) is 0 Å². The van der Waals surface area contributed by atoms with E-state index in [1.165, 1.54) is 15.4 Å². The fourth-order valence-electron chi connectivity index (χ4n) is 2.40. The quantitative estimate of drug-likeness (QED) is 0.814. The molecule has 2 aromatic heterocycles. The highest BCUT2D eigenvalue weighted by molar-refractivity contribution is 7.91. The Labute approximate surface area is 143 Å². The maximum absolute atomic E-state index is 12.7. The zero-order chi connectivity index (χ0) is 17.2. The van der Waals surface area contributed by atoms with Gasteiger partial charge in [-0.05, 0) is 13.0 Å². The summed E-state index contributed by atoms with van der Waals surface area (Å²) in [6, 6.07) is 3.26. The Morgan fingerprint density at radius 3 is 2.75 bits per heavy atom. The average Bonchev–Trinajstić information content (AvgIpc) is 3.26.